The Balaban J connectivity index is 1.29. The molecule has 0 radical (unpaired) electrons. The number of carbonyl (C=O) groups is 1. The van der Waals surface area contributed by atoms with Crippen molar-refractivity contribution in [2.75, 3.05) is 51.8 Å². The Morgan fingerprint density at radius 3 is 2.63 bits per heavy atom. The lowest BCUT2D eigenvalue weighted by Gasteiger charge is -2.36. The van der Waals surface area contributed by atoms with E-state index in [4.69, 9.17) is 9.47 Å². The molecule has 2 aliphatic rings. The van der Waals surface area contributed by atoms with Crippen molar-refractivity contribution in [3.63, 3.8) is 0 Å². The molecule has 41 heavy (non-hydrogen) atoms. The first-order valence-electron chi connectivity index (χ1n) is 14.9. The summed E-state index contributed by atoms with van der Waals surface area (Å²) in [6, 6.07) is 11.0. The number of carbonyl (C=O) groups excluding carboxylic acids is 1. The summed E-state index contributed by atoms with van der Waals surface area (Å²) >= 11 is 0. The number of likely N-dealkylation sites (tertiary alicyclic amines) is 1. The highest BCUT2D eigenvalue weighted by atomic mass is 19.1. The summed E-state index contributed by atoms with van der Waals surface area (Å²) in [5.74, 6) is 1.02. The van der Waals surface area contributed by atoms with Crippen LogP contribution in [-0.2, 0) is 6.54 Å². The molecule has 0 saturated carbocycles. The topological polar surface area (TPSA) is 63.1 Å². The molecule has 9 heteroatoms. The van der Waals surface area contributed by atoms with Gasteiger partial charge in [0.15, 0.2) is 11.5 Å². The van der Waals surface area contributed by atoms with Gasteiger partial charge in [-0.2, -0.15) is 5.10 Å². The Morgan fingerprint density at radius 1 is 1.02 bits per heavy atom. The minimum atomic E-state index is -0.284. The number of nitrogens with zero attached hydrogens (tertiary/aromatic N) is 5. The predicted octanol–water partition coefficient (Wildman–Crippen LogP) is 6.37. The van der Waals surface area contributed by atoms with E-state index in [0.29, 0.717) is 49.3 Å². The Kier molecular flexibility index (Phi) is 9.44. The zero-order valence-electron chi connectivity index (χ0n) is 24.5. The number of halogens is 1. The summed E-state index contributed by atoms with van der Waals surface area (Å²) in [6.07, 6.45) is 9.81. The van der Waals surface area contributed by atoms with Gasteiger partial charge in [-0.25, -0.2) is 9.18 Å². The average Bonchev–Trinajstić information content (AvgIpc) is 3.48. The van der Waals surface area contributed by atoms with E-state index in [2.05, 4.69) is 24.0 Å². The van der Waals surface area contributed by atoms with Gasteiger partial charge in [-0.05, 0) is 75.6 Å². The van der Waals surface area contributed by atoms with Gasteiger partial charge in [0.25, 0.3) is 0 Å². The van der Waals surface area contributed by atoms with Crippen LogP contribution in [0.2, 0.25) is 0 Å². The molecule has 1 aromatic heterocycles. The number of rotatable bonds is 11. The molecular weight excluding hydrogens is 521 g/mol. The second kappa shape index (κ2) is 13.4. The van der Waals surface area contributed by atoms with Crippen molar-refractivity contribution < 1.29 is 18.7 Å². The van der Waals surface area contributed by atoms with Gasteiger partial charge < -0.3 is 19.3 Å². The van der Waals surface area contributed by atoms with Crippen LogP contribution in [0.4, 0.5) is 14.9 Å². The Morgan fingerprint density at radius 2 is 1.85 bits per heavy atom. The lowest BCUT2D eigenvalue weighted by atomic mass is 10.0. The monoisotopic (exact) mass is 563 g/mol. The van der Waals surface area contributed by atoms with Crippen LogP contribution in [0.3, 0.4) is 0 Å². The van der Waals surface area contributed by atoms with Crippen LogP contribution in [0.15, 0.2) is 48.8 Å². The molecule has 0 spiro atoms. The minimum Gasteiger partial charge on any atom is -0.493 e. The van der Waals surface area contributed by atoms with E-state index >= 15 is 0 Å². The summed E-state index contributed by atoms with van der Waals surface area (Å²) in [6.45, 7) is 6.52. The maximum atomic E-state index is 15.0. The molecule has 220 valence electrons. The van der Waals surface area contributed by atoms with Crippen LogP contribution in [0.1, 0.15) is 57.1 Å². The molecule has 0 N–H and O–H groups in total. The average molecular weight is 564 g/mol. The normalized spacial score (nSPS) is 16.8. The molecule has 5 rings (SSSR count). The van der Waals surface area contributed by atoms with Crippen molar-refractivity contribution in [2.45, 2.75) is 58.0 Å². The third-order valence-electron chi connectivity index (χ3n) is 8.15. The number of anilines is 1. The number of hydrogen-bond acceptors (Lipinski definition) is 5. The number of urea groups is 1. The summed E-state index contributed by atoms with van der Waals surface area (Å²) in [5.41, 5.74) is 2.95. The zero-order valence-corrected chi connectivity index (χ0v) is 24.5. The fourth-order valence-electron chi connectivity index (χ4n) is 5.70. The number of aromatic nitrogens is 2. The van der Waals surface area contributed by atoms with Crippen LogP contribution in [0.5, 0.6) is 11.5 Å². The summed E-state index contributed by atoms with van der Waals surface area (Å²) in [5, 5.41) is 4.57. The van der Waals surface area contributed by atoms with Crippen molar-refractivity contribution >= 4 is 11.7 Å². The van der Waals surface area contributed by atoms with E-state index in [1.54, 1.807) is 24.3 Å². The van der Waals surface area contributed by atoms with E-state index in [1.165, 1.54) is 6.07 Å². The molecule has 0 bridgehead atoms. The highest BCUT2D eigenvalue weighted by Gasteiger charge is 2.28. The lowest BCUT2D eigenvalue weighted by molar-refractivity contribution is 0.192. The SMILES string of the molecule is CCCCCOc1cc(N2CCCN(Cc3ccc(F)c(-c4cnn(C5CCN(C)CC5)c4)c3)C2=O)ccc1OC. The summed E-state index contributed by atoms with van der Waals surface area (Å²) in [7, 11) is 3.76. The van der Waals surface area contributed by atoms with Gasteiger partial charge in [0.05, 0.1) is 26.0 Å². The number of methoxy groups -OCH3 is 1. The van der Waals surface area contributed by atoms with E-state index in [-0.39, 0.29) is 11.8 Å². The molecule has 2 fully saturated rings. The van der Waals surface area contributed by atoms with E-state index in [9.17, 15) is 9.18 Å². The minimum absolute atomic E-state index is 0.0701. The number of amides is 2. The molecule has 3 heterocycles. The van der Waals surface area contributed by atoms with Crippen molar-refractivity contribution in [3.8, 4) is 22.6 Å². The molecule has 0 aliphatic carbocycles. The fraction of sp³-hybridized carbons (Fsp3) is 0.500. The second-order valence-corrected chi connectivity index (χ2v) is 11.2. The quantitative estimate of drug-likeness (QED) is 0.254. The standard InChI is InChI=1S/C32H42FN5O3/c1-4-5-6-18-41-31-20-27(9-11-30(31)40-3)37-15-7-14-36(32(37)39)22-24-8-10-29(33)28(19-24)25-21-34-38(23-25)26-12-16-35(2)17-13-26/h8-11,19-21,23,26H,4-7,12-18,22H2,1-3H3. The van der Waals surface area contributed by atoms with Gasteiger partial charge in [-0.3, -0.25) is 9.58 Å². The molecule has 2 aromatic carbocycles. The molecule has 3 aromatic rings. The number of hydrogen-bond donors (Lipinski definition) is 0. The smallest absolute Gasteiger partial charge is 0.324 e. The largest absolute Gasteiger partial charge is 0.493 e. The maximum Gasteiger partial charge on any atom is 0.324 e. The predicted molar refractivity (Wildman–Crippen MR) is 159 cm³/mol. The van der Waals surface area contributed by atoms with Gasteiger partial charge in [0, 0.05) is 48.7 Å². The third-order valence-corrected chi connectivity index (χ3v) is 8.15. The van der Waals surface area contributed by atoms with Crippen LogP contribution >= 0.6 is 0 Å². The van der Waals surface area contributed by atoms with Gasteiger partial charge in [0.1, 0.15) is 5.82 Å². The molecule has 0 atom stereocenters. The molecule has 8 nitrogen and oxygen atoms in total. The number of unbranched alkanes of at least 4 members (excludes halogenated alkanes) is 2. The summed E-state index contributed by atoms with van der Waals surface area (Å²) in [4.78, 5) is 19.5. The first-order valence-corrected chi connectivity index (χ1v) is 14.9. The van der Waals surface area contributed by atoms with Crippen molar-refractivity contribution in [2.24, 2.45) is 0 Å². The van der Waals surface area contributed by atoms with Crippen LogP contribution < -0.4 is 14.4 Å². The lowest BCUT2D eigenvalue weighted by Crippen LogP contribution is -2.49. The Labute approximate surface area is 242 Å². The first kappa shape index (κ1) is 28.9. The van der Waals surface area contributed by atoms with Crippen molar-refractivity contribution in [1.29, 1.82) is 0 Å². The molecule has 2 aliphatic heterocycles. The maximum absolute atomic E-state index is 15.0. The Bertz CT molecular complexity index is 1320. The van der Waals surface area contributed by atoms with Crippen molar-refractivity contribution in [1.82, 2.24) is 19.6 Å². The number of ether oxygens (including phenoxy) is 2. The van der Waals surface area contributed by atoms with Gasteiger partial charge in [0.2, 0.25) is 0 Å². The highest BCUT2D eigenvalue weighted by molar-refractivity contribution is 5.93. The van der Waals surface area contributed by atoms with Gasteiger partial charge in [-0.15, -0.1) is 0 Å². The number of benzene rings is 2. The Hall–Kier alpha value is -3.59. The van der Waals surface area contributed by atoms with E-state index in [0.717, 1.165) is 68.4 Å². The molecule has 0 unspecified atom stereocenters. The first-order chi connectivity index (χ1) is 20.0. The van der Waals surface area contributed by atoms with E-state index < -0.39 is 0 Å². The zero-order chi connectivity index (χ0) is 28.8. The molecule has 2 saturated heterocycles. The van der Waals surface area contributed by atoms with Gasteiger partial charge in [-0.1, -0.05) is 25.8 Å². The fourth-order valence-corrected chi connectivity index (χ4v) is 5.70. The van der Waals surface area contributed by atoms with Crippen molar-refractivity contribution in [3.05, 3.63) is 60.2 Å². The molecule has 2 amide bonds. The van der Waals surface area contributed by atoms with Crippen LogP contribution in [-0.4, -0.2) is 72.6 Å². The van der Waals surface area contributed by atoms with Crippen LogP contribution in [0, 0.1) is 5.82 Å². The highest BCUT2D eigenvalue weighted by Crippen LogP contribution is 2.34. The van der Waals surface area contributed by atoms with E-state index in [1.807, 2.05) is 40.0 Å². The van der Waals surface area contributed by atoms with Gasteiger partial charge >= 0.3 is 6.03 Å². The third kappa shape index (κ3) is 6.84. The van der Waals surface area contributed by atoms with Crippen LogP contribution in [0.25, 0.3) is 11.1 Å². The molecular formula is C32H42FN5O3. The summed E-state index contributed by atoms with van der Waals surface area (Å²) < 4.78 is 28.5. The number of piperidine rings is 1. The second-order valence-electron chi connectivity index (χ2n) is 11.2.